The van der Waals surface area contributed by atoms with Gasteiger partial charge in [0.15, 0.2) is 0 Å². The SMILES string of the molecule is O=C(Nc1ccc(F)cc1F)c1ccc(Cl)c(S(=O)(=O)N2CCOCC2)c1. The Morgan fingerprint density at radius 1 is 1.11 bits per heavy atom. The number of sulfonamides is 1. The van der Waals surface area contributed by atoms with Crippen LogP contribution in [0.25, 0.3) is 0 Å². The second-order valence-corrected chi connectivity index (χ2v) is 8.05. The van der Waals surface area contributed by atoms with Crippen LogP contribution in [0.1, 0.15) is 10.4 Å². The number of hydrogen-bond donors (Lipinski definition) is 1. The molecule has 27 heavy (non-hydrogen) atoms. The number of halogens is 3. The predicted molar refractivity (Wildman–Crippen MR) is 95.3 cm³/mol. The monoisotopic (exact) mass is 416 g/mol. The number of rotatable bonds is 4. The van der Waals surface area contributed by atoms with Crippen LogP contribution in [0.4, 0.5) is 14.5 Å². The summed E-state index contributed by atoms with van der Waals surface area (Å²) in [6.45, 7) is 0.882. The van der Waals surface area contributed by atoms with Gasteiger partial charge in [-0.25, -0.2) is 17.2 Å². The summed E-state index contributed by atoms with van der Waals surface area (Å²) in [6, 6.07) is 6.43. The third kappa shape index (κ3) is 4.27. The molecular formula is C17H15ClF2N2O4S. The molecule has 0 atom stereocenters. The molecule has 1 heterocycles. The van der Waals surface area contributed by atoms with E-state index in [0.717, 1.165) is 18.2 Å². The molecule has 144 valence electrons. The van der Waals surface area contributed by atoms with E-state index in [4.69, 9.17) is 16.3 Å². The Bertz CT molecular complexity index is 979. The minimum atomic E-state index is -3.92. The molecule has 0 unspecified atom stereocenters. The molecule has 0 aliphatic carbocycles. The van der Waals surface area contributed by atoms with Gasteiger partial charge in [-0.3, -0.25) is 4.79 Å². The molecule has 6 nitrogen and oxygen atoms in total. The quantitative estimate of drug-likeness (QED) is 0.831. The van der Waals surface area contributed by atoms with Gasteiger partial charge < -0.3 is 10.1 Å². The number of hydrogen-bond acceptors (Lipinski definition) is 4. The molecule has 2 aromatic rings. The van der Waals surface area contributed by atoms with E-state index < -0.39 is 27.6 Å². The molecule has 1 fully saturated rings. The zero-order chi connectivity index (χ0) is 19.6. The van der Waals surface area contributed by atoms with Crippen LogP contribution in [-0.2, 0) is 14.8 Å². The lowest BCUT2D eigenvalue weighted by atomic mass is 10.2. The lowest BCUT2D eigenvalue weighted by Gasteiger charge is -2.26. The number of morpholine rings is 1. The number of anilines is 1. The molecule has 1 aliphatic heterocycles. The normalized spacial score (nSPS) is 15.5. The summed E-state index contributed by atoms with van der Waals surface area (Å²) < 4.78 is 58.6. The van der Waals surface area contributed by atoms with Crippen molar-refractivity contribution in [2.45, 2.75) is 4.90 Å². The Balaban J connectivity index is 1.89. The Hall–Kier alpha value is -2.07. The average molecular weight is 417 g/mol. The van der Waals surface area contributed by atoms with E-state index in [1.165, 1.54) is 16.4 Å². The Morgan fingerprint density at radius 2 is 1.81 bits per heavy atom. The molecule has 1 N–H and O–H groups in total. The fraction of sp³-hybridized carbons (Fsp3) is 0.235. The van der Waals surface area contributed by atoms with Crippen LogP contribution < -0.4 is 5.32 Å². The minimum Gasteiger partial charge on any atom is -0.379 e. The molecule has 1 saturated heterocycles. The highest BCUT2D eigenvalue weighted by molar-refractivity contribution is 7.89. The van der Waals surface area contributed by atoms with Crippen molar-refractivity contribution in [2.24, 2.45) is 0 Å². The predicted octanol–water partition coefficient (Wildman–Crippen LogP) is 2.89. The molecule has 0 saturated carbocycles. The first-order valence-electron chi connectivity index (χ1n) is 7.93. The molecule has 1 aliphatic rings. The van der Waals surface area contributed by atoms with Gasteiger partial charge in [-0.15, -0.1) is 0 Å². The largest absolute Gasteiger partial charge is 0.379 e. The van der Waals surface area contributed by atoms with Crippen LogP contribution in [0.3, 0.4) is 0 Å². The van der Waals surface area contributed by atoms with Crippen molar-refractivity contribution >= 4 is 33.2 Å². The van der Waals surface area contributed by atoms with Crippen molar-refractivity contribution in [1.82, 2.24) is 4.31 Å². The van der Waals surface area contributed by atoms with E-state index in [0.29, 0.717) is 6.07 Å². The van der Waals surface area contributed by atoms with Gasteiger partial charge in [0.1, 0.15) is 16.5 Å². The maximum absolute atomic E-state index is 13.7. The van der Waals surface area contributed by atoms with Gasteiger partial charge in [-0.1, -0.05) is 11.6 Å². The smallest absolute Gasteiger partial charge is 0.255 e. The van der Waals surface area contributed by atoms with Crippen LogP contribution >= 0.6 is 11.6 Å². The Morgan fingerprint density at radius 3 is 2.48 bits per heavy atom. The molecule has 3 rings (SSSR count). The number of amides is 1. The lowest BCUT2D eigenvalue weighted by molar-refractivity contribution is 0.0730. The number of nitrogens with zero attached hydrogens (tertiary/aromatic N) is 1. The summed E-state index contributed by atoms with van der Waals surface area (Å²) >= 11 is 6.04. The second kappa shape index (κ2) is 7.89. The van der Waals surface area contributed by atoms with Crippen molar-refractivity contribution in [2.75, 3.05) is 31.6 Å². The fourth-order valence-corrected chi connectivity index (χ4v) is 4.46. The highest BCUT2D eigenvalue weighted by Gasteiger charge is 2.29. The number of benzene rings is 2. The number of nitrogens with one attached hydrogen (secondary N) is 1. The van der Waals surface area contributed by atoms with Gasteiger partial charge in [0.25, 0.3) is 5.91 Å². The van der Waals surface area contributed by atoms with Crippen LogP contribution in [0.15, 0.2) is 41.3 Å². The van der Waals surface area contributed by atoms with E-state index in [2.05, 4.69) is 5.32 Å². The van der Waals surface area contributed by atoms with E-state index in [1.54, 1.807) is 0 Å². The molecule has 0 bridgehead atoms. The molecule has 0 aromatic heterocycles. The third-order valence-corrected chi connectivity index (χ3v) is 6.34. The first-order chi connectivity index (χ1) is 12.8. The van der Waals surface area contributed by atoms with Crippen molar-refractivity contribution in [3.63, 3.8) is 0 Å². The van der Waals surface area contributed by atoms with E-state index in [9.17, 15) is 22.0 Å². The van der Waals surface area contributed by atoms with Crippen molar-refractivity contribution < 1.29 is 26.7 Å². The zero-order valence-electron chi connectivity index (χ0n) is 13.9. The van der Waals surface area contributed by atoms with Crippen LogP contribution in [0.5, 0.6) is 0 Å². The summed E-state index contributed by atoms with van der Waals surface area (Å²) in [5.41, 5.74) is -0.260. The Kier molecular flexibility index (Phi) is 5.75. The Labute approximate surface area is 159 Å². The molecule has 2 aromatic carbocycles. The highest BCUT2D eigenvalue weighted by atomic mass is 35.5. The summed E-state index contributed by atoms with van der Waals surface area (Å²) in [5, 5.41) is 2.24. The maximum Gasteiger partial charge on any atom is 0.255 e. The van der Waals surface area contributed by atoms with Gasteiger partial charge in [0.05, 0.1) is 23.9 Å². The fourth-order valence-electron chi connectivity index (χ4n) is 2.55. The summed E-state index contributed by atoms with van der Waals surface area (Å²) in [4.78, 5) is 12.2. The van der Waals surface area contributed by atoms with Gasteiger partial charge in [0, 0.05) is 24.7 Å². The lowest BCUT2D eigenvalue weighted by Crippen LogP contribution is -2.40. The van der Waals surface area contributed by atoms with E-state index in [1.807, 2.05) is 0 Å². The molecule has 1 amide bonds. The maximum atomic E-state index is 13.7. The van der Waals surface area contributed by atoms with Gasteiger partial charge in [0.2, 0.25) is 10.0 Å². The summed E-state index contributed by atoms with van der Waals surface area (Å²) in [7, 11) is -3.92. The van der Waals surface area contributed by atoms with Crippen LogP contribution in [-0.4, -0.2) is 44.9 Å². The molecular weight excluding hydrogens is 402 g/mol. The van der Waals surface area contributed by atoms with Crippen LogP contribution in [0, 0.1) is 11.6 Å². The van der Waals surface area contributed by atoms with Crippen molar-refractivity contribution in [3.8, 4) is 0 Å². The minimum absolute atomic E-state index is 0.0324. The molecule has 10 heteroatoms. The van der Waals surface area contributed by atoms with Gasteiger partial charge in [-0.05, 0) is 30.3 Å². The second-order valence-electron chi connectivity index (χ2n) is 5.74. The number of ether oxygens (including phenoxy) is 1. The van der Waals surface area contributed by atoms with Gasteiger partial charge in [-0.2, -0.15) is 4.31 Å². The van der Waals surface area contributed by atoms with Crippen LogP contribution in [0.2, 0.25) is 5.02 Å². The third-order valence-electron chi connectivity index (χ3n) is 3.96. The van der Waals surface area contributed by atoms with E-state index >= 15 is 0 Å². The highest BCUT2D eigenvalue weighted by Crippen LogP contribution is 2.27. The first-order valence-corrected chi connectivity index (χ1v) is 9.75. The van der Waals surface area contributed by atoms with Gasteiger partial charge >= 0.3 is 0 Å². The molecule has 0 radical (unpaired) electrons. The zero-order valence-corrected chi connectivity index (χ0v) is 15.5. The van der Waals surface area contributed by atoms with Crippen molar-refractivity contribution in [1.29, 1.82) is 0 Å². The summed E-state index contributed by atoms with van der Waals surface area (Å²) in [6.07, 6.45) is 0. The topological polar surface area (TPSA) is 75.7 Å². The average Bonchev–Trinajstić information content (AvgIpc) is 2.65. The van der Waals surface area contributed by atoms with E-state index in [-0.39, 0.29) is 47.5 Å². The number of carbonyl (C=O) groups is 1. The molecule has 0 spiro atoms. The number of carbonyl (C=O) groups excluding carboxylic acids is 1. The van der Waals surface area contributed by atoms with Crippen molar-refractivity contribution in [3.05, 3.63) is 58.6 Å². The first kappa shape index (κ1) is 19.7. The summed E-state index contributed by atoms with van der Waals surface area (Å²) in [5.74, 6) is -2.48. The standard InChI is InChI=1S/C17H15ClF2N2O4S/c18-13-3-1-11(17(23)21-15-4-2-12(19)10-14(15)20)9-16(13)27(24,25)22-5-7-26-8-6-22/h1-4,9-10H,5-8H2,(H,21,23).